The van der Waals surface area contributed by atoms with Crippen molar-refractivity contribution in [3.05, 3.63) is 69.7 Å². The SMILES string of the molecule is CNC(=O)NC(=O)[C@@H](c1ccccc1)[NH+](C)Cc1cccc(Cl)c1Cl. The number of imide groups is 1. The van der Waals surface area contributed by atoms with Gasteiger partial charge in [-0.3, -0.25) is 10.1 Å². The van der Waals surface area contributed by atoms with Gasteiger partial charge in [-0.2, -0.15) is 0 Å². The van der Waals surface area contributed by atoms with Gasteiger partial charge in [-0.15, -0.1) is 0 Å². The molecule has 7 heteroatoms. The van der Waals surface area contributed by atoms with Crippen LogP contribution in [0.25, 0.3) is 0 Å². The summed E-state index contributed by atoms with van der Waals surface area (Å²) in [5.41, 5.74) is 1.64. The topological polar surface area (TPSA) is 62.6 Å². The number of urea groups is 1. The van der Waals surface area contributed by atoms with Gasteiger partial charge in [0.2, 0.25) is 0 Å². The Morgan fingerprint density at radius 1 is 1.08 bits per heavy atom. The Balaban J connectivity index is 2.29. The van der Waals surface area contributed by atoms with E-state index in [2.05, 4.69) is 10.6 Å². The molecule has 0 aromatic heterocycles. The minimum Gasteiger partial charge on any atom is -0.341 e. The van der Waals surface area contributed by atoms with E-state index in [1.807, 2.05) is 49.5 Å². The molecule has 2 aromatic carbocycles. The van der Waals surface area contributed by atoms with E-state index in [9.17, 15) is 9.59 Å². The number of carbonyl (C=O) groups excluding carboxylic acids is 2. The zero-order valence-corrected chi connectivity index (χ0v) is 15.5. The first-order valence-corrected chi connectivity index (χ1v) is 8.52. The molecule has 2 rings (SSSR count). The number of carbonyl (C=O) groups is 2. The van der Waals surface area contributed by atoms with E-state index in [0.29, 0.717) is 16.6 Å². The number of likely N-dealkylation sites (N-methyl/N-ethyl adjacent to an activating group) is 1. The van der Waals surface area contributed by atoms with Crippen molar-refractivity contribution in [1.82, 2.24) is 10.6 Å². The zero-order valence-electron chi connectivity index (χ0n) is 14.0. The Bertz CT molecular complexity index is 753. The second kappa shape index (κ2) is 8.85. The molecule has 0 aliphatic heterocycles. The Morgan fingerprint density at radius 3 is 2.40 bits per heavy atom. The summed E-state index contributed by atoms with van der Waals surface area (Å²) in [5, 5.41) is 5.69. The molecule has 0 heterocycles. The molecule has 3 amide bonds. The summed E-state index contributed by atoms with van der Waals surface area (Å²) in [4.78, 5) is 25.0. The summed E-state index contributed by atoms with van der Waals surface area (Å²) in [7, 11) is 3.33. The average molecular weight is 381 g/mol. The summed E-state index contributed by atoms with van der Waals surface area (Å²) in [5.74, 6) is -0.388. The van der Waals surface area contributed by atoms with Crippen LogP contribution in [0.4, 0.5) is 4.79 Å². The third-order valence-corrected chi connectivity index (χ3v) is 4.71. The van der Waals surface area contributed by atoms with Gasteiger partial charge in [0, 0.05) is 18.2 Å². The molecule has 0 bridgehead atoms. The molecule has 5 nitrogen and oxygen atoms in total. The van der Waals surface area contributed by atoms with Gasteiger partial charge in [-0.25, -0.2) is 4.79 Å². The molecule has 0 saturated carbocycles. The lowest BCUT2D eigenvalue weighted by Gasteiger charge is -2.24. The van der Waals surface area contributed by atoms with Gasteiger partial charge in [0.15, 0.2) is 6.04 Å². The number of halogens is 2. The molecule has 2 aromatic rings. The van der Waals surface area contributed by atoms with Crippen LogP contribution in [0.2, 0.25) is 10.0 Å². The van der Waals surface area contributed by atoms with Gasteiger partial charge in [-0.05, 0) is 6.07 Å². The van der Waals surface area contributed by atoms with E-state index in [0.717, 1.165) is 16.0 Å². The fraction of sp³-hybridized carbons (Fsp3) is 0.222. The second-order valence-electron chi connectivity index (χ2n) is 5.65. The van der Waals surface area contributed by atoms with Crippen LogP contribution in [0.15, 0.2) is 48.5 Å². The van der Waals surface area contributed by atoms with Crippen LogP contribution in [0.5, 0.6) is 0 Å². The fourth-order valence-electron chi connectivity index (χ4n) is 2.64. The number of quaternary nitrogens is 1. The highest BCUT2D eigenvalue weighted by Crippen LogP contribution is 2.25. The van der Waals surface area contributed by atoms with Crippen molar-refractivity contribution in [2.45, 2.75) is 12.6 Å². The van der Waals surface area contributed by atoms with Crippen LogP contribution in [0, 0.1) is 0 Å². The Hall–Kier alpha value is -2.08. The summed E-state index contributed by atoms with van der Waals surface area (Å²) in [6.45, 7) is 0.472. The number of nitrogens with one attached hydrogen (secondary N) is 3. The fourth-order valence-corrected chi connectivity index (χ4v) is 3.03. The van der Waals surface area contributed by atoms with Crippen LogP contribution in [-0.4, -0.2) is 26.0 Å². The monoisotopic (exact) mass is 380 g/mol. The van der Waals surface area contributed by atoms with Gasteiger partial charge < -0.3 is 10.2 Å². The van der Waals surface area contributed by atoms with Crippen LogP contribution >= 0.6 is 23.2 Å². The molecule has 0 fully saturated rings. The molecule has 0 radical (unpaired) electrons. The number of hydrogen-bond acceptors (Lipinski definition) is 2. The lowest BCUT2D eigenvalue weighted by molar-refractivity contribution is -0.916. The molecule has 0 saturated heterocycles. The molecule has 0 spiro atoms. The Kier molecular flexibility index (Phi) is 6.82. The molecular weight excluding hydrogens is 361 g/mol. The predicted molar refractivity (Wildman–Crippen MR) is 98.8 cm³/mol. The first-order chi connectivity index (χ1) is 11.9. The highest BCUT2D eigenvalue weighted by atomic mass is 35.5. The molecular formula is C18H20Cl2N3O2+. The van der Waals surface area contributed by atoms with E-state index < -0.39 is 12.1 Å². The second-order valence-corrected chi connectivity index (χ2v) is 6.43. The third-order valence-electron chi connectivity index (χ3n) is 3.85. The van der Waals surface area contributed by atoms with Crippen molar-refractivity contribution in [1.29, 1.82) is 0 Å². The van der Waals surface area contributed by atoms with E-state index in [1.54, 1.807) is 6.07 Å². The Labute approximate surface area is 156 Å². The van der Waals surface area contributed by atoms with Gasteiger partial charge in [-0.1, -0.05) is 65.7 Å². The van der Waals surface area contributed by atoms with Crippen LogP contribution in [0.3, 0.4) is 0 Å². The van der Waals surface area contributed by atoms with Crippen molar-refractivity contribution < 1.29 is 14.5 Å². The van der Waals surface area contributed by atoms with Crippen LogP contribution in [0.1, 0.15) is 17.2 Å². The number of benzene rings is 2. The van der Waals surface area contributed by atoms with Crippen molar-refractivity contribution >= 4 is 35.1 Å². The molecule has 0 aliphatic rings. The minimum absolute atomic E-state index is 0.388. The minimum atomic E-state index is -0.575. The smallest absolute Gasteiger partial charge is 0.321 e. The summed E-state index contributed by atoms with van der Waals surface area (Å²) in [6.07, 6.45) is 0. The van der Waals surface area contributed by atoms with Gasteiger partial charge >= 0.3 is 6.03 Å². The van der Waals surface area contributed by atoms with Crippen molar-refractivity contribution in [3.63, 3.8) is 0 Å². The van der Waals surface area contributed by atoms with E-state index in [1.165, 1.54) is 7.05 Å². The van der Waals surface area contributed by atoms with Crippen LogP contribution in [-0.2, 0) is 11.3 Å². The summed E-state index contributed by atoms with van der Waals surface area (Å²) >= 11 is 12.3. The average Bonchev–Trinajstić information content (AvgIpc) is 2.60. The van der Waals surface area contributed by atoms with Gasteiger partial charge in [0.1, 0.15) is 6.54 Å². The van der Waals surface area contributed by atoms with E-state index in [4.69, 9.17) is 23.2 Å². The summed E-state index contributed by atoms with van der Waals surface area (Å²) in [6, 6.07) is 13.6. The maximum absolute atomic E-state index is 12.6. The summed E-state index contributed by atoms with van der Waals surface area (Å²) < 4.78 is 0. The predicted octanol–water partition coefficient (Wildman–Crippen LogP) is 2.21. The molecule has 1 unspecified atom stereocenters. The highest BCUT2D eigenvalue weighted by molar-refractivity contribution is 6.42. The third kappa shape index (κ3) is 4.95. The lowest BCUT2D eigenvalue weighted by atomic mass is 10.0. The largest absolute Gasteiger partial charge is 0.341 e. The van der Waals surface area contributed by atoms with Crippen molar-refractivity contribution in [2.75, 3.05) is 14.1 Å². The quantitative estimate of drug-likeness (QED) is 0.744. The highest BCUT2D eigenvalue weighted by Gasteiger charge is 2.30. The first-order valence-electron chi connectivity index (χ1n) is 7.76. The van der Waals surface area contributed by atoms with Crippen molar-refractivity contribution in [3.8, 4) is 0 Å². The Morgan fingerprint density at radius 2 is 1.76 bits per heavy atom. The molecule has 0 aliphatic carbocycles. The number of rotatable bonds is 5. The molecule has 132 valence electrons. The standard InChI is InChI=1S/C18H19Cl2N3O2/c1-21-18(25)22-17(24)16(12-7-4-3-5-8-12)23(2)11-13-9-6-10-14(19)15(13)20/h3-10,16H,11H2,1-2H3,(H2,21,22,24,25)/p+1/t16-/m1/s1. The van der Waals surface area contributed by atoms with Gasteiger partial charge in [0.25, 0.3) is 5.91 Å². The number of amides is 3. The van der Waals surface area contributed by atoms with Crippen molar-refractivity contribution in [2.24, 2.45) is 0 Å². The van der Waals surface area contributed by atoms with E-state index in [-0.39, 0.29) is 5.91 Å². The molecule has 3 N–H and O–H groups in total. The maximum atomic E-state index is 12.6. The molecule has 2 atom stereocenters. The zero-order chi connectivity index (χ0) is 18.4. The van der Waals surface area contributed by atoms with Gasteiger partial charge in [0.05, 0.1) is 17.1 Å². The van der Waals surface area contributed by atoms with Crippen LogP contribution < -0.4 is 15.5 Å². The molecule has 25 heavy (non-hydrogen) atoms. The maximum Gasteiger partial charge on any atom is 0.321 e. The van der Waals surface area contributed by atoms with E-state index >= 15 is 0 Å². The lowest BCUT2D eigenvalue weighted by Crippen LogP contribution is -3.09. The number of hydrogen-bond donors (Lipinski definition) is 3. The normalized spacial score (nSPS) is 13.0. The first kappa shape index (κ1) is 19.2.